The molecule has 1 heterocycles. The zero-order chi connectivity index (χ0) is 20.9. The van der Waals surface area contributed by atoms with Crippen molar-refractivity contribution in [1.82, 2.24) is 9.97 Å². The topological polar surface area (TPSA) is 120 Å². The first-order valence-electron chi connectivity index (χ1n) is 9.08. The van der Waals surface area contributed by atoms with Crippen LogP contribution in [0.2, 0.25) is 0 Å². The molecule has 0 spiro atoms. The van der Waals surface area contributed by atoms with E-state index in [1.165, 1.54) is 12.1 Å². The summed E-state index contributed by atoms with van der Waals surface area (Å²) < 4.78 is 5.74. The molecule has 0 amide bonds. The molecule has 4 rings (SSSR count). The lowest BCUT2D eigenvalue weighted by molar-refractivity contribution is 0.296. The number of rotatable bonds is 6. The van der Waals surface area contributed by atoms with Crippen LogP contribution in [0.25, 0.3) is 11.3 Å². The molecule has 0 fully saturated rings. The van der Waals surface area contributed by atoms with Crippen molar-refractivity contribution < 1.29 is 9.94 Å². The van der Waals surface area contributed by atoms with Gasteiger partial charge in [-0.15, -0.1) is 0 Å². The van der Waals surface area contributed by atoms with E-state index in [1.807, 2.05) is 48.5 Å². The number of ether oxygens (including phenoxy) is 1. The van der Waals surface area contributed by atoms with Crippen molar-refractivity contribution in [1.29, 1.82) is 0 Å². The molecule has 0 saturated carbocycles. The van der Waals surface area contributed by atoms with Crippen molar-refractivity contribution in [2.24, 2.45) is 0 Å². The molecule has 0 radical (unpaired) electrons. The van der Waals surface area contributed by atoms with Crippen molar-refractivity contribution in [3.8, 4) is 22.8 Å². The lowest BCUT2D eigenvalue weighted by Crippen LogP contribution is -2.06. The van der Waals surface area contributed by atoms with Crippen LogP contribution in [-0.4, -0.2) is 15.2 Å². The van der Waals surface area contributed by atoms with Crippen LogP contribution in [0, 0.1) is 5.21 Å². The lowest BCUT2D eigenvalue weighted by Gasteiger charge is -2.21. The maximum Gasteiger partial charge on any atom is 0.222 e. The number of nitrogens with zero attached hydrogens (tertiary/aromatic N) is 3. The summed E-state index contributed by atoms with van der Waals surface area (Å²) in [5.74, 6) is 1.92. The summed E-state index contributed by atoms with van der Waals surface area (Å²) in [5.41, 5.74) is 8.48. The minimum atomic E-state index is -0.201. The normalized spacial score (nSPS) is 10.5. The van der Waals surface area contributed by atoms with Crippen LogP contribution in [-0.2, 0) is 0 Å². The maximum absolute atomic E-state index is 10.8. The third-order valence-corrected chi connectivity index (χ3v) is 4.23. The van der Waals surface area contributed by atoms with Crippen molar-refractivity contribution in [2.75, 3.05) is 16.3 Å². The zero-order valence-electron chi connectivity index (χ0n) is 15.8. The third-order valence-electron chi connectivity index (χ3n) is 4.23. The van der Waals surface area contributed by atoms with Crippen LogP contribution in [0.5, 0.6) is 11.5 Å². The third kappa shape index (κ3) is 4.64. The number of nitrogens with two attached hydrogens (primary N) is 1. The second kappa shape index (κ2) is 8.48. The molecule has 0 aliphatic carbocycles. The number of hydrogen-bond acceptors (Lipinski definition) is 8. The highest BCUT2D eigenvalue weighted by molar-refractivity contribution is 5.67. The van der Waals surface area contributed by atoms with Crippen LogP contribution in [0.15, 0.2) is 84.9 Å². The van der Waals surface area contributed by atoms with E-state index < -0.39 is 0 Å². The van der Waals surface area contributed by atoms with E-state index in [1.54, 1.807) is 24.3 Å². The van der Waals surface area contributed by atoms with Gasteiger partial charge in [0.2, 0.25) is 5.95 Å². The van der Waals surface area contributed by atoms with Gasteiger partial charge in [0.15, 0.2) is 0 Å². The fourth-order valence-corrected chi connectivity index (χ4v) is 2.82. The number of hydrogen-bond donors (Lipinski definition) is 3. The highest BCUT2D eigenvalue weighted by atomic mass is 16.8. The van der Waals surface area contributed by atoms with Crippen LogP contribution >= 0.6 is 0 Å². The van der Waals surface area contributed by atoms with Crippen LogP contribution in [0.4, 0.5) is 23.1 Å². The Kier molecular flexibility index (Phi) is 5.42. The molecule has 8 nitrogen and oxygen atoms in total. The van der Waals surface area contributed by atoms with E-state index >= 15 is 0 Å². The molecule has 0 saturated heterocycles. The van der Waals surface area contributed by atoms with Gasteiger partial charge < -0.3 is 26.2 Å². The van der Waals surface area contributed by atoms with Crippen molar-refractivity contribution in [3.63, 3.8) is 0 Å². The minimum Gasteiger partial charge on any atom is -0.733 e. The molecule has 1 aromatic heterocycles. The Hall–Kier alpha value is -4.14. The molecular weight excluding hydrogens is 382 g/mol. The summed E-state index contributed by atoms with van der Waals surface area (Å²) in [7, 11) is 0. The van der Waals surface area contributed by atoms with E-state index in [4.69, 9.17) is 15.7 Å². The predicted molar refractivity (Wildman–Crippen MR) is 116 cm³/mol. The highest BCUT2D eigenvalue weighted by Crippen LogP contribution is 2.27. The summed E-state index contributed by atoms with van der Waals surface area (Å²) in [6, 6.07) is 25.0. The molecule has 30 heavy (non-hydrogen) atoms. The summed E-state index contributed by atoms with van der Waals surface area (Å²) in [4.78, 5) is 8.53. The maximum atomic E-state index is 10.8. The Balaban J connectivity index is 1.46. The van der Waals surface area contributed by atoms with Crippen LogP contribution < -0.4 is 21.0 Å². The average molecular weight is 400 g/mol. The fourth-order valence-electron chi connectivity index (χ4n) is 2.82. The molecule has 3 aromatic carbocycles. The molecule has 0 bridgehead atoms. The number of benzene rings is 3. The first-order valence-corrected chi connectivity index (χ1v) is 9.08. The quantitative estimate of drug-likeness (QED) is 0.389. The van der Waals surface area contributed by atoms with Crippen molar-refractivity contribution in [3.05, 3.63) is 90.1 Å². The lowest BCUT2D eigenvalue weighted by atomic mass is 10.1. The van der Waals surface area contributed by atoms with E-state index in [0.717, 1.165) is 16.9 Å². The second-order valence-corrected chi connectivity index (χ2v) is 6.38. The zero-order valence-corrected chi connectivity index (χ0v) is 15.8. The Morgan fingerprint density at radius 2 is 1.50 bits per heavy atom. The van der Waals surface area contributed by atoms with E-state index in [9.17, 15) is 5.21 Å². The van der Waals surface area contributed by atoms with Gasteiger partial charge >= 0.3 is 0 Å². The Morgan fingerprint density at radius 1 is 0.867 bits per heavy atom. The molecule has 4 N–H and O–H groups in total. The minimum absolute atomic E-state index is 0.126. The summed E-state index contributed by atoms with van der Waals surface area (Å²) in [6.07, 6.45) is 0. The van der Waals surface area contributed by atoms with Gasteiger partial charge in [0.05, 0.1) is 11.4 Å². The Morgan fingerprint density at radius 3 is 2.13 bits per heavy atom. The number of nitrogens with one attached hydrogen (secondary N) is 1. The van der Waals surface area contributed by atoms with E-state index in [-0.39, 0.29) is 16.9 Å². The van der Waals surface area contributed by atoms with Gasteiger partial charge in [-0.3, -0.25) is 5.21 Å². The SMILES string of the molecule is Nc1nc(Nc2ccc(Oc3ccc(N([O-])O)cc3)cc2)cc(-c2ccccc2)n1. The fraction of sp³-hybridized carbons (Fsp3) is 0. The predicted octanol–water partition coefficient (Wildman–Crippen LogP) is 4.96. The van der Waals surface area contributed by atoms with Gasteiger partial charge in [0.25, 0.3) is 0 Å². The Bertz CT molecular complexity index is 1120. The van der Waals surface area contributed by atoms with Gasteiger partial charge in [-0.2, -0.15) is 4.98 Å². The first-order chi connectivity index (χ1) is 14.6. The number of nitrogen functional groups attached to an aromatic ring is 1. The van der Waals surface area contributed by atoms with Crippen molar-refractivity contribution in [2.45, 2.75) is 0 Å². The summed E-state index contributed by atoms with van der Waals surface area (Å²) in [5, 5.41) is 22.7. The summed E-state index contributed by atoms with van der Waals surface area (Å²) in [6.45, 7) is 0. The van der Waals surface area contributed by atoms with Gasteiger partial charge in [0.1, 0.15) is 17.3 Å². The van der Waals surface area contributed by atoms with Crippen LogP contribution in [0.1, 0.15) is 0 Å². The number of aromatic nitrogens is 2. The molecule has 0 aliphatic rings. The van der Waals surface area contributed by atoms with E-state index in [2.05, 4.69) is 15.3 Å². The Labute approximate surface area is 172 Å². The molecule has 0 atom stereocenters. The van der Waals surface area contributed by atoms with Crippen molar-refractivity contribution >= 4 is 23.1 Å². The highest BCUT2D eigenvalue weighted by Gasteiger charge is 2.06. The molecule has 8 heteroatoms. The molecule has 0 unspecified atom stereocenters. The van der Waals surface area contributed by atoms with Crippen LogP contribution in [0.3, 0.4) is 0 Å². The van der Waals surface area contributed by atoms with Gasteiger partial charge in [-0.05, 0) is 48.5 Å². The van der Waals surface area contributed by atoms with Gasteiger partial charge in [-0.25, -0.2) is 4.98 Å². The standard InChI is InChI=1S/C22H18N5O3/c23-22-25-20(15-4-2-1-3-5-15)14-21(26-22)24-16-6-10-18(11-7-16)30-19-12-8-17(9-13-19)27(28)29/h1-14,28H,(H3,23,24,25,26)/q-1. The molecular formula is C22H18N5O3-. The monoisotopic (exact) mass is 400 g/mol. The average Bonchev–Trinajstić information content (AvgIpc) is 2.76. The van der Waals surface area contributed by atoms with Gasteiger partial charge in [-0.1, -0.05) is 30.3 Å². The van der Waals surface area contributed by atoms with Gasteiger partial charge in [0, 0.05) is 17.3 Å². The number of anilines is 4. The summed E-state index contributed by atoms with van der Waals surface area (Å²) >= 11 is 0. The largest absolute Gasteiger partial charge is 0.733 e. The first kappa shape index (κ1) is 19.2. The molecule has 0 aliphatic heterocycles. The van der Waals surface area contributed by atoms with E-state index in [0.29, 0.717) is 17.3 Å². The molecule has 150 valence electrons. The molecule has 4 aromatic rings. The second-order valence-electron chi connectivity index (χ2n) is 6.38. The smallest absolute Gasteiger partial charge is 0.222 e.